The van der Waals surface area contributed by atoms with E-state index in [0.29, 0.717) is 0 Å². The van der Waals surface area contributed by atoms with Crippen molar-refractivity contribution in [1.29, 1.82) is 0 Å². The molecule has 0 aliphatic carbocycles. The number of hydrogen-bond acceptors (Lipinski definition) is 8. The lowest BCUT2D eigenvalue weighted by Gasteiger charge is -2.05. The Morgan fingerprint density at radius 3 is 1.25 bits per heavy atom. The minimum absolute atomic E-state index is 0.0703. The van der Waals surface area contributed by atoms with Crippen molar-refractivity contribution < 1.29 is 39.5 Å². The second kappa shape index (κ2) is 14.6. The number of aliphatic hydroxyl groups is 4. The summed E-state index contributed by atoms with van der Waals surface area (Å²) < 4.78 is 9.41. The van der Waals surface area contributed by atoms with Crippen molar-refractivity contribution in [2.24, 2.45) is 0 Å². The molecule has 136 valence electrons. The van der Waals surface area contributed by atoms with Gasteiger partial charge in [-0.15, -0.1) is 0 Å². The lowest BCUT2D eigenvalue weighted by molar-refractivity contribution is 0.0422. The zero-order valence-corrected chi connectivity index (χ0v) is 13.4. The highest BCUT2D eigenvalue weighted by Crippen LogP contribution is 2.07. The van der Waals surface area contributed by atoms with E-state index in [1.165, 1.54) is 24.3 Å². The van der Waals surface area contributed by atoms with Crippen LogP contribution < -0.4 is 0 Å². The first-order valence-corrected chi connectivity index (χ1v) is 7.48. The van der Waals surface area contributed by atoms with Gasteiger partial charge in [-0.05, 0) is 37.1 Å². The van der Waals surface area contributed by atoms with E-state index in [9.17, 15) is 9.59 Å². The second-order valence-electron chi connectivity index (χ2n) is 4.45. The molecule has 0 aliphatic rings. The maximum absolute atomic E-state index is 11.4. The number of carbonyl (C=O) groups is 2. The van der Waals surface area contributed by atoms with Crippen LogP contribution in [0.15, 0.2) is 24.3 Å². The van der Waals surface area contributed by atoms with Crippen molar-refractivity contribution in [2.45, 2.75) is 12.8 Å². The Labute approximate surface area is 140 Å². The molecule has 1 rings (SSSR count). The van der Waals surface area contributed by atoms with Crippen LogP contribution in [0, 0.1) is 0 Å². The quantitative estimate of drug-likeness (QED) is 0.355. The van der Waals surface area contributed by atoms with Gasteiger partial charge in [0.25, 0.3) is 0 Å². The molecule has 0 unspecified atom stereocenters. The average Bonchev–Trinajstić information content (AvgIpc) is 2.63. The molecule has 0 spiro atoms. The molecule has 0 bridgehead atoms. The fourth-order valence-corrected chi connectivity index (χ4v) is 1.41. The first kappa shape index (κ1) is 22.0. The highest BCUT2D eigenvalue weighted by atomic mass is 16.5. The van der Waals surface area contributed by atoms with Gasteiger partial charge in [-0.2, -0.15) is 0 Å². The molecule has 0 aliphatic heterocycles. The Kier molecular flexibility index (Phi) is 13.4. The molecule has 8 nitrogen and oxygen atoms in total. The topological polar surface area (TPSA) is 134 Å². The van der Waals surface area contributed by atoms with Crippen molar-refractivity contribution in [2.75, 3.05) is 39.6 Å². The summed E-state index contributed by atoms with van der Waals surface area (Å²) in [4.78, 5) is 22.7. The molecule has 0 saturated heterocycles. The van der Waals surface area contributed by atoms with Gasteiger partial charge in [0.1, 0.15) is 13.2 Å². The third-order valence-corrected chi connectivity index (χ3v) is 2.57. The van der Waals surface area contributed by atoms with Gasteiger partial charge in [0.2, 0.25) is 0 Å². The highest BCUT2D eigenvalue weighted by Gasteiger charge is 2.10. The summed E-state index contributed by atoms with van der Waals surface area (Å²) >= 11 is 0. The summed E-state index contributed by atoms with van der Waals surface area (Å²) in [5, 5.41) is 33.2. The SMILES string of the molecule is O=C(OCCO)c1ccc(C(=O)OCCO)cc1.OCCCCO. The first-order chi connectivity index (χ1) is 11.6. The summed E-state index contributed by atoms with van der Waals surface area (Å²) in [7, 11) is 0. The van der Waals surface area contributed by atoms with Gasteiger partial charge in [0.15, 0.2) is 0 Å². The van der Waals surface area contributed by atoms with Gasteiger partial charge in [0, 0.05) is 13.2 Å². The van der Waals surface area contributed by atoms with E-state index >= 15 is 0 Å². The average molecular weight is 344 g/mol. The van der Waals surface area contributed by atoms with Crippen LogP contribution in [-0.2, 0) is 9.47 Å². The molecule has 0 heterocycles. The Bertz CT molecular complexity index is 415. The van der Waals surface area contributed by atoms with E-state index in [1.54, 1.807) is 0 Å². The molecule has 1 aromatic rings. The molecule has 0 fully saturated rings. The van der Waals surface area contributed by atoms with Crippen LogP contribution in [0.2, 0.25) is 0 Å². The molecule has 1 aromatic carbocycles. The molecular formula is C16H24O8. The van der Waals surface area contributed by atoms with Crippen molar-refractivity contribution in [1.82, 2.24) is 0 Å². The van der Waals surface area contributed by atoms with Crippen molar-refractivity contribution >= 4 is 11.9 Å². The van der Waals surface area contributed by atoms with Gasteiger partial charge >= 0.3 is 11.9 Å². The fraction of sp³-hybridized carbons (Fsp3) is 0.500. The highest BCUT2D eigenvalue weighted by molar-refractivity contribution is 5.93. The number of carbonyl (C=O) groups excluding carboxylic acids is 2. The molecule has 0 radical (unpaired) electrons. The second-order valence-corrected chi connectivity index (χ2v) is 4.45. The monoisotopic (exact) mass is 344 g/mol. The maximum atomic E-state index is 11.4. The summed E-state index contributed by atoms with van der Waals surface area (Å²) in [5.41, 5.74) is 0.560. The lowest BCUT2D eigenvalue weighted by Crippen LogP contribution is -2.11. The number of aliphatic hydroxyl groups excluding tert-OH is 4. The number of esters is 2. The molecule has 4 N–H and O–H groups in total. The van der Waals surface area contributed by atoms with E-state index in [-0.39, 0.29) is 50.8 Å². The van der Waals surface area contributed by atoms with Crippen molar-refractivity contribution in [3.05, 3.63) is 35.4 Å². The Balaban J connectivity index is 0.000000754. The zero-order chi connectivity index (χ0) is 18.2. The fourth-order valence-electron chi connectivity index (χ4n) is 1.41. The molecule has 8 heteroatoms. The number of ether oxygens (including phenoxy) is 2. The third-order valence-electron chi connectivity index (χ3n) is 2.57. The summed E-state index contributed by atoms with van der Waals surface area (Å²) in [6.45, 7) is -0.228. The Morgan fingerprint density at radius 2 is 1.00 bits per heavy atom. The predicted molar refractivity (Wildman–Crippen MR) is 84.6 cm³/mol. The number of unbranched alkanes of at least 4 members (excludes halogenated alkanes) is 1. The van der Waals surface area contributed by atoms with Crippen molar-refractivity contribution in [3.63, 3.8) is 0 Å². The minimum Gasteiger partial charge on any atom is -0.460 e. The van der Waals surface area contributed by atoms with Gasteiger partial charge < -0.3 is 29.9 Å². The van der Waals surface area contributed by atoms with E-state index < -0.39 is 11.9 Å². The standard InChI is InChI=1S/C12H14O6.C4H10O2/c13-5-7-17-11(15)9-1-2-10(4-3-9)12(16)18-8-6-14;5-3-1-2-4-6/h1-4,13-14H,5-8H2;5-6H,1-4H2. The number of benzene rings is 1. The molecule has 0 atom stereocenters. The van der Waals surface area contributed by atoms with Crippen LogP contribution in [0.1, 0.15) is 33.6 Å². The van der Waals surface area contributed by atoms with Crippen LogP contribution >= 0.6 is 0 Å². The van der Waals surface area contributed by atoms with Gasteiger partial charge in [0.05, 0.1) is 24.3 Å². The predicted octanol–water partition coefficient (Wildman–Crippen LogP) is -0.264. The largest absolute Gasteiger partial charge is 0.460 e. The van der Waals surface area contributed by atoms with Crippen LogP contribution in [-0.4, -0.2) is 72.0 Å². The number of hydrogen-bond donors (Lipinski definition) is 4. The molecule has 24 heavy (non-hydrogen) atoms. The number of rotatable bonds is 9. The normalized spacial score (nSPS) is 9.67. The summed E-state index contributed by atoms with van der Waals surface area (Å²) in [5.74, 6) is -1.14. The van der Waals surface area contributed by atoms with Crippen LogP contribution in [0.3, 0.4) is 0 Å². The Hall–Kier alpha value is -2.00. The molecule has 0 aromatic heterocycles. The van der Waals surface area contributed by atoms with Gasteiger partial charge in [-0.25, -0.2) is 9.59 Å². The Morgan fingerprint density at radius 1 is 0.667 bits per heavy atom. The smallest absolute Gasteiger partial charge is 0.338 e. The van der Waals surface area contributed by atoms with Gasteiger partial charge in [-0.1, -0.05) is 0 Å². The van der Waals surface area contributed by atoms with E-state index in [2.05, 4.69) is 0 Å². The molecule has 0 saturated carbocycles. The third kappa shape index (κ3) is 9.90. The summed E-state index contributed by atoms with van der Waals surface area (Å²) in [6, 6.07) is 5.70. The molecular weight excluding hydrogens is 320 g/mol. The van der Waals surface area contributed by atoms with E-state index in [0.717, 1.165) is 12.8 Å². The van der Waals surface area contributed by atoms with Gasteiger partial charge in [-0.3, -0.25) is 0 Å². The maximum Gasteiger partial charge on any atom is 0.338 e. The van der Waals surface area contributed by atoms with Crippen LogP contribution in [0.4, 0.5) is 0 Å². The van der Waals surface area contributed by atoms with E-state index in [1.807, 2.05) is 0 Å². The summed E-state index contributed by atoms with van der Waals surface area (Å²) in [6.07, 6.45) is 1.44. The van der Waals surface area contributed by atoms with Crippen molar-refractivity contribution in [3.8, 4) is 0 Å². The zero-order valence-electron chi connectivity index (χ0n) is 13.4. The van der Waals surface area contributed by atoms with Crippen LogP contribution in [0.25, 0.3) is 0 Å². The van der Waals surface area contributed by atoms with E-state index in [4.69, 9.17) is 29.9 Å². The first-order valence-electron chi connectivity index (χ1n) is 7.48. The lowest BCUT2D eigenvalue weighted by atomic mass is 10.1. The van der Waals surface area contributed by atoms with Crippen LogP contribution in [0.5, 0.6) is 0 Å². The minimum atomic E-state index is -0.570. The molecule has 0 amide bonds.